The normalized spacial score (nSPS) is 21.8. The summed E-state index contributed by atoms with van der Waals surface area (Å²) in [6.07, 6.45) is 3.87. The van der Waals surface area contributed by atoms with Crippen LogP contribution < -0.4 is 0 Å². The van der Waals surface area contributed by atoms with E-state index in [0.717, 1.165) is 18.6 Å². The quantitative estimate of drug-likeness (QED) is 0.581. The summed E-state index contributed by atoms with van der Waals surface area (Å²) in [6, 6.07) is 3.21. The molecule has 0 N–H and O–H groups in total. The number of aldehydes is 1. The molecule has 4 nitrogen and oxygen atoms in total. The molecule has 1 aromatic heterocycles. The summed E-state index contributed by atoms with van der Waals surface area (Å²) in [5.41, 5.74) is 0.730. The van der Waals surface area contributed by atoms with Crippen LogP contribution in [0.25, 0.3) is 0 Å². The zero-order valence-electron chi connectivity index (χ0n) is 9.43. The minimum absolute atomic E-state index is 0.0557. The Kier molecular flexibility index (Phi) is 3.37. The van der Waals surface area contributed by atoms with Crippen molar-refractivity contribution in [2.45, 2.75) is 25.8 Å². The maximum atomic E-state index is 13.2. The highest BCUT2D eigenvalue weighted by Crippen LogP contribution is 2.14. The second-order valence-corrected chi connectivity index (χ2v) is 3.94. The van der Waals surface area contributed by atoms with Gasteiger partial charge in [-0.2, -0.15) is 9.37 Å². The Balaban J connectivity index is 2.24. The molecule has 1 aliphatic heterocycles. The van der Waals surface area contributed by atoms with Gasteiger partial charge in [0.25, 0.3) is 0 Å². The van der Waals surface area contributed by atoms with Gasteiger partial charge in [0, 0.05) is 12.3 Å². The van der Waals surface area contributed by atoms with Crippen LogP contribution in [0.2, 0.25) is 0 Å². The van der Waals surface area contributed by atoms with E-state index in [2.05, 4.69) is 15.0 Å². The fourth-order valence-corrected chi connectivity index (χ4v) is 1.53. The van der Waals surface area contributed by atoms with E-state index in [1.807, 2.05) is 6.92 Å². The van der Waals surface area contributed by atoms with Crippen LogP contribution in [-0.4, -0.2) is 29.2 Å². The summed E-state index contributed by atoms with van der Waals surface area (Å²) in [6.45, 7) is 2.03. The summed E-state index contributed by atoms with van der Waals surface area (Å²) in [7, 11) is 0. The minimum Gasteiger partial charge on any atom is -0.298 e. The first-order valence-corrected chi connectivity index (χ1v) is 5.41. The van der Waals surface area contributed by atoms with Crippen molar-refractivity contribution in [3.63, 3.8) is 0 Å². The molecule has 88 valence electrons. The molecule has 0 saturated heterocycles. The molecule has 0 aliphatic carbocycles. The first-order chi connectivity index (χ1) is 8.19. The topological polar surface area (TPSA) is 54.7 Å². The van der Waals surface area contributed by atoms with Crippen molar-refractivity contribution in [3.8, 4) is 0 Å². The van der Waals surface area contributed by atoms with Crippen LogP contribution in [0.3, 0.4) is 0 Å². The molecule has 17 heavy (non-hydrogen) atoms. The van der Waals surface area contributed by atoms with Crippen LogP contribution in [0.1, 0.15) is 30.1 Å². The third-order valence-electron chi connectivity index (χ3n) is 2.54. The molecule has 1 atom stereocenters. The van der Waals surface area contributed by atoms with Gasteiger partial charge in [0.2, 0.25) is 5.95 Å². The molecule has 5 heteroatoms. The maximum Gasteiger partial charge on any atom is 0.225 e. The standard InChI is InChI=1S/C12H12FN3O/c1-8-2-4-10(6-14-8)15-11-5-3-9(7-17)12(13)16-11/h3,5-8H,2,4H2,1H3. The van der Waals surface area contributed by atoms with E-state index >= 15 is 0 Å². The lowest BCUT2D eigenvalue weighted by atomic mass is 10.1. The highest BCUT2D eigenvalue weighted by molar-refractivity contribution is 6.31. The highest BCUT2D eigenvalue weighted by atomic mass is 19.1. The zero-order valence-corrected chi connectivity index (χ0v) is 9.43. The molecule has 2 rings (SSSR count). The van der Waals surface area contributed by atoms with Crippen molar-refractivity contribution in [3.05, 3.63) is 23.6 Å². The van der Waals surface area contributed by atoms with Crippen molar-refractivity contribution in [1.82, 2.24) is 4.98 Å². The van der Waals surface area contributed by atoms with Crippen LogP contribution in [0.5, 0.6) is 0 Å². The van der Waals surface area contributed by atoms with Crippen molar-refractivity contribution >= 4 is 24.0 Å². The third kappa shape index (κ3) is 2.81. The van der Waals surface area contributed by atoms with E-state index in [9.17, 15) is 9.18 Å². The van der Waals surface area contributed by atoms with Gasteiger partial charge in [-0.05, 0) is 31.9 Å². The highest BCUT2D eigenvalue weighted by Gasteiger charge is 2.09. The number of carbonyl (C=O) groups is 1. The van der Waals surface area contributed by atoms with Crippen molar-refractivity contribution in [2.75, 3.05) is 0 Å². The smallest absolute Gasteiger partial charge is 0.225 e. The summed E-state index contributed by atoms with van der Waals surface area (Å²) in [5.74, 6) is -0.521. The third-order valence-corrected chi connectivity index (χ3v) is 2.54. The summed E-state index contributed by atoms with van der Waals surface area (Å²) >= 11 is 0. The van der Waals surface area contributed by atoms with Crippen LogP contribution in [0, 0.1) is 5.95 Å². The van der Waals surface area contributed by atoms with Gasteiger partial charge in [-0.1, -0.05) is 0 Å². The Labute approximate surface area is 98.3 Å². The van der Waals surface area contributed by atoms with Gasteiger partial charge in [0.05, 0.1) is 11.3 Å². The summed E-state index contributed by atoms with van der Waals surface area (Å²) in [5, 5.41) is 0. The lowest BCUT2D eigenvalue weighted by molar-refractivity contribution is 0.111. The van der Waals surface area contributed by atoms with Gasteiger partial charge >= 0.3 is 0 Å². The van der Waals surface area contributed by atoms with E-state index < -0.39 is 5.95 Å². The fraction of sp³-hybridized carbons (Fsp3) is 0.333. The van der Waals surface area contributed by atoms with Gasteiger partial charge < -0.3 is 0 Å². The number of pyridine rings is 1. The number of hydrogen-bond acceptors (Lipinski definition) is 4. The Morgan fingerprint density at radius 3 is 2.94 bits per heavy atom. The minimum atomic E-state index is -0.789. The van der Waals surface area contributed by atoms with Crippen molar-refractivity contribution in [1.29, 1.82) is 0 Å². The average molecular weight is 233 g/mol. The largest absolute Gasteiger partial charge is 0.298 e. The van der Waals surface area contributed by atoms with Gasteiger partial charge in [0.1, 0.15) is 0 Å². The Bertz CT molecular complexity index is 497. The molecule has 1 unspecified atom stereocenters. The van der Waals surface area contributed by atoms with Gasteiger partial charge in [0.15, 0.2) is 12.1 Å². The second-order valence-electron chi connectivity index (χ2n) is 3.94. The van der Waals surface area contributed by atoms with Gasteiger partial charge in [-0.3, -0.25) is 9.79 Å². The summed E-state index contributed by atoms with van der Waals surface area (Å²) < 4.78 is 13.2. The number of nitrogens with zero attached hydrogens (tertiary/aromatic N) is 3. The molecule has 2 heterocycles. The molecule has 0 amide bonds. The van der Waals surface area contributed by atoms with Gasteiger partial charge in [-0.25, -0.2) is 4.99 Å². The SMILES string of the molecule is CC1CCC(=Nc2ccc(C=O)c(F)n2)C=N1. The van der Waals surface area contributed by atoms with Gasteiger partial charge in [-0.15, -0.1) is 0 Å². The molecular formula is C12H12FN3O. The molecule has 0 aromatic carbocycles. The molecule has 0 spiro atoms. The summed E-state index contributed by atoms with van der Waals surface area (Å²) in [4.78, 5) is 22.5. The average Bonchev–Trinajstić information content (AvgIpc) is 2.32. The van der Waals surface area contributed by atoms with E-state index in [4.69, 9.17) is 0 Å². The van der Waals surface area contributed by atoms with Crippen LogP contribution >= 0.6 is 0 Å². The molecule has 1 aromatic rings. The number of carbonyl (C=O) groups excluding carboxylic acids is 1. The second kappa shape index (κ2) is 4.95. The molecule has 1 aliphatic rings. The Morgan fingerprint density at radius 2 is 2.35 bits per heavy atom. The van der Waals surface area contributed by atoms with Crippen LogP contribution in [-0.2, 0) is 0 Å². The number of aliphatic imine (C=N–C) groups is 2. The Hall–Kier alpha value is -1.91. The molecule has 0 saturated carbocycles. The number of halogens is 1. The lowest BCUT2D eigenvalue weighted by Gasteiger charge is -2.11. The van der Waals surface area contributed by atoms with Crippen LogP contribution in [0.15, 0.2) is 22.1 Å². The molecular weight excluding hydrogens is 221 g/mol. The monoisotopic (exact) mass is 233 g/mol. The van der Waals surface area contributed by atoms with Crippen LogP contribution in [0.4, 0.5) is 10.2 Å². The molecule has 0 fully saturated rings. The lowest BCUT2D eigenvalue weighted by Crippen LogP contribution is -2.13. The van der Waals surface area contributed by atoms with E-state index in [-0.39, 0.29) is 11.4 Å². The first kappa shape index (κ1) is 11.6. The first-order valence-electron chi connectivity index (χ1n) is 5.41. The number of rotatable bonds is 2. The zero-order chi connectivity index (χ0) is 12.3. The Morgan fingerprint density at radius 1 is 1.53 bits per heavy atom. The van der Waals surface area contributed by atoms with E-state index in [1.54, 1.807) is 6.21 Å². The predicted molar refractivity (Wildman–Crippen MR) is 63.9 cm³/mol. The number of hydrogen-bond donors (Lipinski definition) is 0. The van der Waals surface area contributed by atoms with E-state index in [1.165, 1.54) is 12.1 Å². The number of aromatic nitrogens is 1. The molecule has 0 bridgehead atoms. The van der Waals surface area contributed by atoms with Crippen molar-refractivity contribution in [2.24, 2.45) is 9.98 Å². The van der Waals surface area contributed by atoms with Crippen molar-refractivity contribution < 1.29 is 9.18 Å². The predicted octanol–water partition coefficient (Wildman–Crippen LogP) is 2.36. The maximum absolute atomic E-state index is 13.2. The van der Waals surface area contributed by atoms with E-state index in [0.29, 0.717) is 12.3 Å². The fourth-order valence-electron chi connectivity index (χ4n) is 1.53. The molecule has 0 radical (unpaired) electrons.